The van der Waals surface area contributed by atoms with Gasteiger partial charge in [0.1, 0.15) is 0 Å². The van der Waals surface area contributed by atoms with Gasteiger partial charge in [-0.25, -0.2) is 13.1 Å². The van der Waals surface area contributed by atoms with Crippen LogP contribution in [0.1, 0.15) is 56.3 Å². The van der Waals surface area contributed by atoms with Gasteiger partial charge in [0.25, 0.3) is 5.91 Å². The Labute approximate surface area is 154 Å². The number of amides is 1. The summed E-state index contributed by atoms with van der Waals surface area (Å²) in [4.78, 5) is 24.0. The molecular formula is C18H26N2O5S. The van der Waals surface area contributed by atoms with Gasteiger partial charge in [0.2, 0.25) is 10.0 Å². The molecule has 0 unspecified atom stereocenters. The Hall–Kier alpha value is -1.93. The standard InChI is InChI=1S/C18H26N2O5S/c1-13(2)20-26(24,25)15-8-6-14(7-9-15)16(21)19-12-18(17(22)23)10-4-3-5-11-18/h6-9,13,20H,3-5,10-12H2,1-2H3,(H,19,21)(H,22,23). The third-order valence-corrected chi connectivity index (χ3v) is 6.34. The lowest BCUT2D eigenvalue weighted by atomic mass is 9.74. The molecule has 0 radical (unpaired) electrons. The van der Waals surface area contributed by atoms with E-state index in [1.54, 1.807) is 13.8 Å². The molecule has 1 aromatic rings. The third-order valence-electron chi connectivity index (χ3n) is 4.67. The number of nitrogens with one attached hydrogen (secondary N) is 2. The number of carboxylic acid groups (broad SMARTS) is 1. The number of sulfonamides is 1. The normalized spacial score (nSPS) is 17.0. The Morgan fingerprint density at radius 1 is 1.12 bits per heavy atom. The minimum Gasteiger partial charge on any atom is -0.481 e. The average Bonchev–Trinajstić information content (AvgIpc) is 2.59. The van der Waals surface area contributed by atoms with Crippen LogP contribution in [0.3, 0.4) is 0 Å². The predicted octanol–water partition coefficient (Wildman–Crippen LogP) is 2.14. The summed E-state index contributed by atoms with van der Waals surface area (Å²) in [6, 6.07) is 5.36. The molecule has 144 valence electrons. The van der Waals surface area contributed by atoms with Crippen molar-refractivity contribution in [1.29, 1.82) is 0 Å². The van der Waals surface area contributed by atoms with E-state index < -0.39 is 27.3 Å². The van der Waals surface area contributed by atoms with Gasteiger partial charge in [-0.15, -0.1) is 0 Å². The van der Waals surface area contributed by atoms with Crippen LogP contribution in [0.15, 0.2) is 29.2 Å². The molecule has 1 saturated carbocycles. The second-order valence-corrected chi connectivity index (χ2v) is 8.84. The zero-order chi connectivity index (χ0) is 19.4. The van der Waals surface area contributed by atoms with Crippen molar-refractivity contribution < 1.29 is 23.1 Å². The molecule has 0 aliphatic heterocycles. The average molecular weight is 382 g/mol. The lowest BCUT2D eigenvalue weighted by Crippen LogP contribution is -2.44. The molecule has 0 bridgehead atoms. The first-order valence-corrected chi connectivity index (χ1v) is 10.3. The minimum absolute atomic E-state index is 0.0795. The molecule has 3 N–H and O–H groups in total. The third kappa shape index (κ3) is 4.82. The van der Waals surface area contributed by atoms with Crippen molar-refractivity contribution in [1.82, 2.24) is 10.0 Å². The van der Waals surface area contributed by atoms with Gasteiger partial charge in [-0.05, 0) is 51.0 Å². The van der Waals surface area contributed by atoms with Crippen LogP contribution in [0.25, 0.3) is 0 Å². The molecule has 1 aliphatic rings. The highest BCUT2D eigenvalue weighted by molar-refractivity contribution is 7.89. The smallest absolute Gasteiger partial charge is 0.311 e. The summed E-state index contributed by atoms with van der Waals surface area (Å²) in [5, 5.41) is 12.2. The summed E-state index contributed by atoms with van der Waals surface area (Å²) < 4.78 is 26.7. The summed E-state index contributed by atoms with van der Waals surface area (Å²) in [5.41, 5.74) is -0.608. The van der Waals surface area contributed by atoms with Crippen molar-refractivity contribution in [3.63, 3.8) is 0 Å². The van der Waals surface area contributed by atoms with Gasteiger partial charge < -0.3 is 10.4 Å². The van der Waals surface area contributed by atoms with Gasteiger partial charge in [-0.1, -0.05) is 19.3 Å². The second-order valence-electron chi connectivity index (χ2n) is 7.13. The summed E-state index contributed by atoms with van der Waals surface area (Å²) >= 11 is 0. The number of aliphatic carboxylic acids is 1. The number of benzene rings is 1. The van der Waals surface area contributed by atoms with E-state index in [0.717, 1.165) is 19.3 Å². The van der Waals surface area contributed by atoms with Crippen LogP contribution in [0.4, 0.5) is 0 Å². The van der Waals surface area contributed by atoms with Gasteiger partial charge in [0.05, 0.1) is 10.3 Å². The maximum atomic E-state index is 12.3. The maximum Gasteiger partial charge on any atom is 0.311 e. The first kappa shape index (κ1) is 20.4. The summed E-state index contributed by atoms with van der Waals surface area (Å²) in [7, 11) is -3.61. The Bertz CT molecular complexity index is 750. The van der Waals surface area contributed by atoms with E-state index in [1.807, 2.05) is 0 Å². The highest BCUT2D eigenvalue weighted by Gasteiger charge is 2.39. The van der Waals surface area contributed by atoms with Crippen molar-refractivity contribution in [2.24, 2.45) is 5.41 Å². The number of carbonyl (C=O) groups excluding carboxylic acids is 1. The highest BCUT2D eigenvalue weighted by Crippen LogP contribution is 2.36. The zero-order valence-electron chi connectivity index (χ0n) is 15.1. The topological polar surface area (TPSA) is 113 Å². The van der Waals surface area contributed by atoms with Crippen molar-refractivity contribution in [3.05, 3.63) is 29.8 Å². The van der Waals surface area contributed by atoms with E-state index in [2.05, 4.69) is 10.0 Å². The molecule has 2 rings (SSSR count). The molecule has 7 nitrogen and oxygen atoms in total. The number of carbonyl (C=O) groups is 2. The van der Waals surface area contributed by atoms with Gasteiger partial charge in [-0.2, -0.15) is 0 Å². The second kappa shape index (κ2) is 8.18. The Balaban J connectivity index is 2.05. The van der Waals surface area contributed by atoms with Gasteiger partial charge in [0.15, 0.2) is 0 Å². The fourth-order valence-corrected chi connectivity index (χ4v) is 4.46. The van der Waals surface area contributed by atoms with Crippen LogP contribution in [-0.4, -0.2) is 38.0 Å². The fraction of sp³-hybridized carbons (Fsp3) is 0.556. The largest absolute Gasteiger partial charge is 0.481 e. The molecule has 1 fully saturated rings. The molecule has 0 saturated heterocycles. The van der Waals surface area contributed by atoms with E-state index in [4.69, 9.17) is 0 Å². The summed E-state index contributed by atoms with van der Waals surface area (Å²) in [6.45, 7) is 3.53. The quantitative estimate of drug-likeness (QED) is 0.669. The number of carboxylic acids is 1. The Kier molecular flexibility index (Phi) is 6.41. The van der Waals surface area contributed by atoms with Crippen LogP contribution < -0.4 is 10.0 Å². The molecule has 1 amide bonds. The molecule has 0 spiro atoms. The van der Waals surface area contributed by atoms with Gasteiger partial charge >= 0.3 is 5.97 Å². The van der Waals surface area contributed by atoms with Crippen LogP contribution in [0.5, 0.6) is 0 Å². The van der Waals surface area contributed by atoms with Crippen LogP contribution in [0.2, 0.25) is 0 Å². The molecular weight excluding hydrogens is 356 g/mol. The SMILES string of the molecule is CC(C)NS(=O)(=O)c1ccc(C(=O)NCC2(C(=O)O)CCCCC2)cc1. The minimum atomic E-state index is -3.61. The first-order chi connectivity index (χ1) is 12.2. The van der Waals surface area contributed by atoms with Gasteiger partial charge in [-0.3, -0.25) is 9.59 Å². The molecule has 0 atom stereocenters. The van der Waals surface area contributed by atoms with E-state index >= 15 is 0 Å². The van der Waals surface area contributed by atoms with Crippen LogP contribution >= 0.6 is 0 Å². The maximum absolute atomic E-state index is 12.3. The number of hydrogen-bond donors (Lipinski definition) is 3. The number of hydrogen-bond acceptors (Lipinski definition) is 4. The zero-order valence-corrected chi connectivity index (χ0v) is 15.9. The number of rotatable bonds is 7. The van der Waals surface area contributed by atoms with E-state index in [1.165, 1.54) is 24.3 Å². The fourth-order valence-electron chi connectivity index (χ4n) is 3.21. The van der Waals surface area contributed by atoms with Crippen molar-refractivity contribution in [3.8, 4) is 0 Å². The monoisotopic (exact) mass is 382 g/mol. The van der Waals surface area contributed by atoms with Gasteiger partial charge in [0, 0.05) is 18.2 Å². The lowest BCUT2D eigenvalue weighted by Gasteiger charge is -2.33. The van der Waals surface area contributed by atoms with E-state index in [-0.39, 0.29) is 17.5 Å². The summed E-state index contributed by atoms with van der Waals surface area (Å²) in [6.07, 6.45) is 3.82. The first-order valence-electron chi connectivity index (χ1n) is 8.80. The molecule has 0 aromatic heterocycles. The van der Waals surface area contributed by atoms with E-state index in [9.17, 15) is 23.1 Å². The molecule has 8 heteroatoms. The Morgan fingerprint density at radius 2 is 1.69 bits per heavy atom. The predicted molar refractivity (Wildman–Crippen MR) is 97.4 cm³/mol. The molecule has 1 aliphatic carbocycles. The van der Waals surface area contributed by atoms with Crippen molar-refractivity contribution in [2.75, 3.05) is 6.54 Å². The van der Waals surface area contributed by atoms with Crippen LogP contribution in [-0.2, 0) is 14.8 Å². The Morgan fingerprint density at radius 3 is 2.19 bits per heavy atom. The molecule has 26 heavy (non-hydrogen) atoms. The summed E-state index contributed by atoms with van der Waals surface area (Å²) in [5.74, 6) is -1.28. The van der Waals surface area contributed by atoms with Crippen LogP contribution in [0, 0.1) is 5.41 Å². The van der Waals surface area contributed by atoms with Crippen molar-refractivity contribution >= 4 is 21.9 Å². The molecule has 0 heterocycles. The highest BCUT2D eigenvalue weighted by atomic mass is 32.2. The molecule has 1 aromatic carbocycles. The van der Waals surface area contributed by atoms with Crippen molar-refractivity contribution in [2.45, 2.75) is 56.9 Å². The van der Waals surface area contributed by atoms with E-state index in [0.29, 0.717) is 18.4 Å². The lowest BCUT2D eigenvalue weighted by molar-refractivity contribution is -0.150.